The summed E-state index contributed by atoms with van der Waals surface area (Å²) in [6.45, 7) is 0. The molecule has 3 aliphatic carbocycles. The van der Waals surface area contributed by atoms with Crippen molar-refractivity contribution in [3.05, 3.63) is 135 Å². The number of nitro groups is 1. The molecular formula is C33H24N4O6. The molecule has 0 spiro atoms. The molecule has 3 amide bonds. The number of nitrogens with zero attached hydrogens (tertiary/aromatic N) is 3. The Labute approximate surface area is 245 Å². The van der Waals surface area contributed by atoms with Crippen LogP contribution in [0.3, 0.4) is 0 Å². The van der Waals surface area contributed by atoms with Crippen LogP contribution in [0.4, 0.5) is 11.4 Å². The molecule has 0 radical (unpaired) electrons. The highest BCUT2D eigenvalue weighted by molar-refractivity contribution is 6.25. The number of hydrogen-bond acceptors (Lipinski definition) is 7. The van der Waals surface area contributed by atoms with E-state index >= 15 is 0 Å². The Kier molecular flexibility index (Phi) is 5.94. The lowest BCUT2D eigenvalue weighted by atomic mass is 9.47. The zero-order chi connectivity index (χ0) is 29.9. The second kappa shape index (κ2) is 9.73. The van der Waals surface area contributed by atoms with Crippen molar-refractivity contribution in [3.8, 4) is 5.75 Å². The zero-order valence-electron chi connectivity index (χ0n) is 22.8. The molecule has 0 aromatic heterocycles. The summed E-state index contributed by atoms with van der Waals surface area (Å²) in [5, 5.41) is 15.7. The summed E-state index contributed by atoms with van der Waals surface area (Å²) >= 11 is 0. The summed E-state index contributed by atoms with van der Waals surface area (Å²) in [6, 6.07) is 27.5. The molecule has 0 saturated carbocycles. The maximum atomic E-state index is 14.4. The second-order valence-electron chi connectivity index (χ2n) is 10.7. The Balaban J connectivity index is 1.36. The quantitative estimate of drug-likeness (QED) is 0.156. The Bertz CT molecular complexity index is 1820. The SMILES string of the molecule is COc1cccc(C(=O)N/N=C\C23c4ccccc4C(c4ccccc42)[C@H]2C(=O)N(c4ccc([N+](=O)[O-])cc4)C(=O)[C@@H]23)c1. The highest BCUT2D eigenvalue weighted by Crippen LogP contribution is 2.63. The van der Waals surface area contributed by atoms with Crippen molar-refractivity contribution in [1.29, 1.82) is 0 Å². The summed E-state index contributed by atoms with van der Waals surface area (Å²) in [5.74, 6) is -2.73. The van der Waals surface area contributed by atoms with E-state index in [0.717, 1.165) is 27.2 Å². The van der Waals surface area contributed by atoms with Gasteiger partial charge in [-0.2, -0.15) is 5.10 Å². The smallest absolute Gasteiger partial charge is 0.271 e. The number of hydrogen-bond donors (Lipinski definition) is 1. The van der Waals surface area contributed by atoms with Crippen LogP contribution in [0.5, 0.6) is 5.75 Å². The number of carbonyl (C=O) groups is 3. The number of nitro benzene ring substituents is 1. The van der Waals surface area contributed by atoms with E-state index in [0.29, 0.717) is 11.3 Å². The van der Waals surface area contributed by atoms with E-state index in [-0.39, 0.29) is 23.2 Å². The zero-order valence-corrected chi connectivity index (χ0v) is 22.8. The van der Waals surface area contributed by atoms with Gasteiger partial charge >= 0.3 is 0 Å². The highest BCUT2D eigenvalue weighted by atomic mass is 16.6. The molecule has 4 aliphatic rings. The molecule has 4 aromatic rings. The minimum Gasteiger partial charge on any atom is -0.497 e. The van der Waals surface area contributed by atoms with E-state index in [1.807, 2.05) is 48.5 Å². The topological polar surface area (TPSA) is 131 Å². The fourth-order valence-electron chi connectivity index (χ4n) is 7.05. The first-order chi connectivity index (χ1) is 20.9. The van der Waals surface area contributed by atoms with E-state index in [1.165, 1.54) is 31.4 Å². The molecule has 8 rings (SSSR count). The Morgan fingerprint density at radius 1 is 0.930 bits per heavy atom. The van der Waals surface area contributed by atoms with Crippen LogP contribution < -0.4 is 15.1 Å². The van der Waals surface area contributed by atoms with Crippen LogP contribution in [0.25, 0.3) is 0 Å². The average Bonchev–Trinajstić information content (AvgIpc) is 3.31. The molecule has 0 unspecified atom stereocenters. The maximum Gasteiger partial charge on any atom is 0.271 e. The van der Waals surface area contributed by atoms with Crippen molar-refractivity contribution in [2.24, 2.45) is 16.9 Å². The molecule has 1 N–H and O–H groups in total. The summed E-state index contributed by atoms with van der Waals surface area (Å²) in [5.41, 5.74) is 5.41. The van der Waals surface area contributed by atoms with Crippen molar-refractivity contribution in [1.82, 2.24) is 5.43 Å². The van der Waals surface area contributed by atoms with Crippen LogP contribution in [0.15, 0.2) is 102 Å². The van der Waals surface area contributed by atoms with Gasteiger partial charge in [-0.25, -0.2) is 10.3 Å². The maximum absolute atomic E-state index is 14.4. The normalized spacial score (nSPS) is 23.1. The Morgan fingerprint density at radius 3 is 2.21 bits per heavy atom. The average molecular weight is 573 g/mol. The minimum absolute atomic E-state index is 0.143. The molecule has 1 fully saturated rings. The van der Waals surface area contributed by atoms with Crippen LogP contribution >= 0.6 is 0 Å². The molecule has 43 heavy (non-hydrogen) atoms. The third-order valence-corrected chi connectivity index (χ3v) is 8.77. The highest BCUT2D eigenvalue weighted by Gasteiger charge is 2.68. The van der Waals surface area contributed by atoms with Gasteiger partial charge in [0.1, 0.15) is 5.75 Å². The number of carbonyl (C=O) groups excluding carboxylic acids is 3. The Hall–Kier alpha value is -5.64. The predicted molar refractivity (Wildman–Crippen MR) is 157 cm³/mol. The number of rotatable bonds is 6. The predicted octanol–water partition coefficient (Wildman–Crippen LogP) is 4.57. The minimum atomic E-state index is -1.17. The first kappa shape index (κ1) is 26.3. The third-order valence-electron chi connectivity index (χ3n) is 8.77. The third kappa shape index (κ3) is 3.72. The van der Waals surface area contributed by atoms with Crippen LogP contribution in [0, 0.1) is 22.0 Å². The molecule has 2 bridgehead atoms. The number of nitrogens with one attached hydrogen (secondary N) is 1. The van der Waals surface area contributed by atoms with Gasteiger partial charge in [-0.15, -0.1) is 0 Å². The monoisotopic (exact) mass is 572 g/mol. The van der Waals surface area contributed by atoms with E-state index in [1.54, 1.807) is 30.5 Å². The molecule has 10 heteroatoms. The van der Waals surface area contributed by atoms with Gasteiger partial charge in [0.05, 0.1) is 35.0 Å². The molecule has 1 saturated heterocycles. The van der Waals surface area contributed by atoms with Crippen LogP contribution in [-0.4, -0.2) is 36.0 Å². The number of ether oxygens (including phenoxy) is 1. The number of hydrazone groups is 1. The number of amides is 3. The Morgan fingerprint density at radius 2 is 1.58 bits per heavy atom. The first-order valence-electron chi connectivity index (χ1n) is 13.7. The fourth-order valence-corrected chi connectivity index (χ4v) is 7.05. The number of methoxy groups -OCH3 is 1. The van der Waals surface area contributed by atoms with Crippen molar-refractivity contribution in [3.63, 3.8) is 0 Å². The lowest BCUT2D eigenvalue weighted by Gasteiger charge is -2.52. The number of anilines is 1. The molecule has 10 nitrogen and oxygen atoms in total. The van der Waals surface area contributed by atoms with Crippen molar-refractivity contribution < 1.29 is 24.0 Å². The first-order valence-corrected chi connectivity index (χ1v) is 13.7. The van der Waals surface area contributed by atoms with Crippen molar-refractivity contribution in [2.45, 2.75) is 11.3 Å². The van der Waals surface area contributed by atoms with Gasteiger partial charge in [-0.05, 0) is 52.6 Å². The molecule has 4 aromatic carbocycles. The summed E-state index contributed by atoms with van der Waals surface area (Å²) in [4.78, 5) is 53.5. The summed E-state index contributed by atoms with van der Waals surface area (Å²) in [7, 11) is 1.51. The van der Waals surface area contributed by atoms with Gasteiger partial charge in [0.25, 0.3) is 11.6 Å². The largest absolute Gasteiger partial charge is 0.497 e. The molecule has 1 aliphatic heterocycles. The number of non-ortho nitro benzene ring substituents is 1. The van der Waals surface area contributed by atoms with Gasteiger partial charge in [0.2, 0.25) is 11.8 Å². The van der Waals surface area contributed by atoms with E-state index in [2.05, 4.69) is 10.5 Å². The molecular weight excluding hydrogens is 548 g/mol. The van der Waals surface area contributed by atoms with Gasteiger partial charge in [-0.3, -0.25) is 24.5 Å². The van der Waals surface area contributed by atoms with Gasteiger partial charge in [0, 0.05) is 29.8 Å². The lowest BCUT2D eigenvalue weighted by Crippen LogP contribution is -2.54. The molecule has 1 heterocycles. The fraction of sp³-hybridized carbons (Fsp3) is 0.152. The van der Waals surface area contributed by atoms with Gasteiger partial charge in [-0.1, -0.05) is 54.6 Å². The van der Waals surface area contributed by atoms with E-state index in [4.69, 9.17) is 4.74 Å². The number of imide groups is 1. The van der Waals surface area contributed by atoms with Crippen LogP contribution in [0.2, 0.25) is 0 Å². The van der Waals surface area contributed by atoms with Crippen molar-refractivity contribution >= 4 is 35.3 Å². The van der Waals surface area contributed by atoms with Gasteiger partial charge < -0.3 is 4.74 Å². The number of benzene rings is 4. The second-order valence-corrected chi connectivity index (χ2v) is 10.7. The van der Waals surface area contributed by atoms with E-state index < -0.39 is 34.0 Å². The summed E-state index contributed by atoms with van der Waals surface area (Å²) < 4.78 is 5.23. The molecule has 212 valence electrons. The lowest BCUT2D eigenvalue weighted by molar-refractivity contribution is -0.384. The molecule has 2 atom stereocenters. The van der Waals surface area contributed by atoms with Crippen LogP contribution in [-0.2, 0) is 15.0 Å². The standard InChI is InChI=1S/C33H24N4O6/c1-43-22-8-6-7-19(17-22)30(38)35-34-18-33-25-11-4-2-9-23(25)27(24-10-3-5-12-26(24)33)28-29(33)32(40)36(31(28)39)20-13-15-21(16-14-20)37(41)42/h2-18,27-29H,1H3,(H,35,38)/b34-18-/t27?,28-,29-,33?/m1/s1. The van der Waals surface area contributed by atoms with Crippen molar-refractivity contribution in [2.75, 3.05) is 12.0 Å². The van der Waals surface area contributed by atoms with Crippen LogP contribution in [0.1, 0.15) is 38.5 Å². The van der Waals surface area contributed by atoms with E-state index in [9.17, 15) is 24.5 Å². The summed E-state index contributed by atoms with van der Waals surface area (Å²) in [6.07, 6.45) is 1.58. The van der Waals surface area contributed by atoms with Gasteiger partial charge in [0.15, 0.2) is 0 Å².